The minimum Gasteiger partial charge on any atom is -0.496 e. The quantitative estimate of drug-likeness (QED) is 0.363. The van der Waals surface area contributed by atoms with E-state index in [-0.39, 0.29) is 10.8 Å². The van der Waals surface area contributed by atoms with Crippen molar-refractivity contribution in [3.63, 3.8) is 0 Å². The number of fused-ring (bicyclic) bond motifs is 1. The molecule has 0 bridgehead atoms. The summed E-state index contributed by atoms with van der Waals surface area (Å²) >= 11 is 6.00. The molecule has 2 aliphatic carbocycles. The molecule has 8 nitrogen and oxygen atoms in total. The van der Waals surface area contributed by atoms with Crippen LogP contribution in [-0.4, -0.2) is 34.0 Å². The zero-order valence-corrected chi connectivity index (χ0v) is 24.1. The number of hydrogen-bond acceptors (Lipinski definition) is 5. The Bertz CT molecular complexity index is 1460. The van der Waals surface area contributed by atoms with Crippen molar-refractivity contribution < 1.29 is 22.7 Å². The van der Waals surface area contributed by atoms with E-state index >= 15 is 0 Å². The van der Waals surface area contributed by atoms with E-state index in [0.717, 1.165) is 61.7 Å². The Hall–Kier alpha value is -3.56. The van der Waals surface area contributed by atoms with Gasteiger partial charge in [0.25, 0.3) is 15.9 Å². The lowest BCUT2D eigenvalue weighted by Crippen LogP contribution is -2.39. The molecule has 0 saturated heterocycles. The largest absolute Gasteiger partial charge is 0.496 e. The number of methoxy groups -OCH3 is 1. The van der Waals surface area contributed by atoms with Crippen LogP contribution in [0.3, 0.4) is 0 Å². The van der Waals surface area contributed by atoms with Gasteiger partial charge in [-0.15, -0.1) is 0 Å². The summed E-state index contributed by atoms with van der Waals surface area (Å²) in [5, 5.41) is 6.03. The maximum Gasteiger partial charge on any atom is 0.333 e. The van der Waals surface area contributed by atoms with Crippen LogP contribution in [0.1, 0.15) is 60.9 Å². The summed E-state index contributed by atoms with van der Waals surface area (Å²) in [6, 6.07) is 10.2. The Morgan fingerprint density at radius 2 is 1.80 bits per heavy atom. The van der Waals surface area contributed by atoms with Gasteiger partial charge < -0.3 is 15.4 Å². The highest BCUT2D eigenvalue weighted by molar-refractivity contribution is 7.90. The van der Waals surface area contributed by atoms with Crippen LogP contribution in [0, 0.1) is 0 Å². The first-order valence-electron chi connectivity index (χ1n) is 13.3. The first kappa shape index (κ1) is 29.4. The van der Waals surface area contributed by atoms with Crippen molar-refractivity contribution in [1.82, 2.24) is 15.4 Å². The van der Waals surface area contributed by atoms with Crippen LogP contribution in [0.5, 0.6) is 5.75 Å². The molecule has 212 valence electrons. The van der Waals surface area contributed by atoms with Crippen LogP contribution >= 0.6 is 11.6 Å². The monoisotopic (exact) mass is 583 g/mol. The van der Waals surface area contributed by atoms with Crippen molar-refractivity contribution in [3.05, 3.63) is 93.7 Å². The summed E-state index contributed by atoms with van der Waals surface area (Å²) in [6.45, 7) is 4.48. The number of hydrogen-bond donors (Lipinski definition) is 3. The Balaban J connectivity index is 1.36. The predicted molar refractivity (Wildman–Crippen MR) is 156 cm³/mol. The molecule has 2 aliphatic rings. The van der Waals surface area contributed by atoms with Gasteiger partial charge in [-0.2, -0.15) is 0 Å². The fourth-order valence-electron chi connectivity index (χ4n) is 4.97. The highest BCUT2D eigenvalue weighted by Crippen LogP contribution is 2.36. The lowest BCUT2D eigenvalue weighted by Gasteiger charge is -2.17. The summed E-state index contributed by atoms with van der Waals surface area (Å²) in [6.07, 6.45) is 9.27. The number of sulfonamides is 1. The van der Waals surface area contributed by atoms with E-state index < -0.39 is 16.1 Å². The second kappa shape index (κ2) is 13.2. The molecule has 2 aromatic rings. The number of halogens is 1. The van der Waals surface area contributed by atoms with E-state index in [0.29, 0.717) is 35.0 Å². The van der Waals surface area contributed by atoms with Gasteiger partial charge in [0.05, 0.1) is 17.6 Å². The summed E-state index contributed by atoms with van der Waals surface area (Å²) in [7, 11) is -2.62. The Labute approximate surface area is 240 Å². The van der Waals surface area contributed by atoms with Crippen LogP contribution in [0.2, 0.25) is 5.02 Å². The average Bonchev–Trinajstić information content (AvgIpc) is 3.40. The van der Waals surface area contributed by atoms with Crippen LogP contribution < -0.4 is 20.1 Å². The highest BCUT2D eigenvalue weighted by Gasteiger charge is 2.24. The summed E-state index contributed by atoms with van der Waals surface area (Å²) < 4.78 is 33.2. The van der Waals surface area contributed by atoms with Crippen molar-refractivity contribution >= 4 is 33.6 Å². The van der Waals surface area contributed by atoms with E-state index in [1.807, 2.05) is 0 Å². The number of rotatable bonds is 8. The predicted octanol–water partition coefficient (Wildman–Crippen LogP) is 5.80. The fraction of sp³-hybridized carbons (Fsp3) is 0.333. The fourth-order valence-corrected chi connectivity index (χ4v) is 6.05. The van der Waals surface area contributed by atoms with Crippen LogP contribution in [0.15, 0.2) is 82.4 Å². The van der Waals surface area contributed by atoms with Gasteiger partial charge in [-0.1, -0.05) is 36.4 Å². The van der Waals surface area contributed by atoms with Crippen LogP contribution in [-0.2, 0) is 16.4 Å². The normalized spacial score (nSPS) is 18.9. The minimum atomic E-state index is -4.10. The summed E-state index contributed by atoms with van der Waals surface area (Å²) in [5.74, 6) is 0.0899. The molecular weight excluding hydrogens is 550 g/mol. The molecule has 1 saturated carbocycles. The maximum absolute atomic E-state index is 12.9. The topological polar surface area (TPSA) is 114 Å². The molecule has 0 aromatic heterocycles. The summed E-state index contributed by atoms with van der Waals surface area (Å²) in [5.41, 5.74) is 4.89. The second-order valence-electron chi connectivity index (χ2n) is 9.84. The van der Waals surface area contributed by atoms with E-state index in [9.17, 15) is 18.0 Å². The summed E-state index contributed by atoms with van der Waals surface area (Å²) in [4.78, 5) is 25.3. The van der Waals surface area contributed by atoms with Gasteiger partial charge in [0, 0.05) is 17.3 Å². The van der Waals surface area contributed by atoms with Crippen molar-refractivity contribution in [2.75, 3.05) is 13.7 Å². The highest BCUT2D eigenvalue weighted by atomic mass is 35.5. The Kier molecular flexibility index (Phi) is 9.71. The third-order valence-electron chi connectivity index (χ3n) is 7.04. The third kappa shape index (κ3) is 7.34. The zero-order valence-electron chi connectivity index (χ0n) is 22.5. The van der Waals surface area contributed by atoms with Gasteiger partial charge in [0.15, 0.2) is 0 Å². The molecule has 0 spiro atoms. The average molecular weight is 584 g/mol. The number of carbonyl (C=O) groups excluding carboxylic acids is 2. The molecule has 10 heteroatoms. The van der Waals surface area contributed by atoms with Crippen molar-refractivity contribution in [2.45, 2.75) is 56.3 Å². The number of amides is 3. The number of benzene rings is 2. The molecule has 0 aliphatic heterocycles. The molecule has 0 heterocycles. The Morgan fingerprint density at radius 3 is 2.55 bits per heavy atom. The van der Waals surface area contributed by atoms with E-state index in [1.54, 1.807) is 24.3 Å². The lowest BCUT2D eigenvalue weighted by atomic mass is 10.0. The van der Waals surface area contributed by atoms with Crippen LogP contribution in [0.4, 0.5) is 4.79 Å². The number of allylic oxidation sites excluding steroid dienone is 4. The SMILES string of the molecule is C=C1CCCC/C=C2/CCC/C2=C/1NC(=O)NS(=O)(=O)c1ccc(CCNC(=O)c2cc(Cl)ccc2OC)cc1. The van der Waals surface area contributed by atoms with Gasteiger partial charge in [-0.05, 0) is 104 Å². The van der Waals surface area contributed by atoms with Gasteiger partial charge >= 0.3 is 6.03 Å². The molecule has 0 unspecified atom stereocenters. The smallest absolute Gasteiger partial charge is 0.333 e. The molecule has 2 aromatic carbocycles. The first-order valence-corrected chi connectivity index (χ1v) is 15.2. The van der Waals surface area contributed by atoms with Gasteiger partial charge in [-0.25, -0.2) is 17.9 Å². The van der Waals surface area contributed by atoms with Crippen LogP contribution in [0.25, 0.3) is 0 Å². The second-order valence-corrected chi connectivity index (χ2v) is 12.0. The zero-order chi connectivity index (χ0) is 28.7. The van der Waals surface area contributed by atoms with E-state index in [2.05, 4.69) is 28.0 Å². The molecule has 3 N–H and O–H groups in total. The number of ether oxygens (including phenoxy) is 1. The molecule has 4 rings (SSSR count). The number of nitrogens with one attached hydrogen (secondary N) is 3. The van der Waals surface area contributed by atoms with E-state index in [4.69, 9.17) is 16.3 Å². The molecule has 0 radical (unpaired) electrons. The van der Waals surface area contributed by atoms with Gasteiger partial charge in [0.1, 0.15) is 5.75 Å². The van der Waals surface area contributed by atoms with Crippen molar-refractivity contribution in [1.29, 1.82) is 0 Å². The maximum atomic E-state index is 12.9. The standard InChI is InChI=1S/C30H34ClN3O5S/c1-20-7-4-3-5-8-22-9-6-10-25(22)28(20)33-30(36)34-40(37,38)24-14-11-21(12-15-24)17-18-32-29(35)26-19-23(31)13-16-27(26)39-2/h8,11-16,19H,1,3-7,9-10,17-18H2,2H3,(H,32,35)(H2,33,34,36)/b22-8-,28-25+. The van der Waals surface area contributed by atoms with Crippen molar-refractivity contribution in [3.8, 4) is 5.75 Å². The van der Waals surface area contributed by atoms with Gasteiger partial charge in [0.2, 0.25) is 0 Å². The number of urea groups is 1. The van der Waals surface area contributed by atoms with Gasteiger partial charge in [-0.3, -0.25) is 4.79 Å². The lowest BCUT2D eigenvalue weighted by molar-refractivity contribution is 0.0951. The molecule has 0 atom stereocenters. The minimum absolute atomic E-state index is 0.0357. The third-order valence-corrected chi connectivity index (χ3v) is 8.63. The van der Waals surface area contributed by atoms with Crippen molar-refractivity contribution in [2.24, 2.45) is 0 Å². The Morgan fingerprint density at radius 1 is 1.02 bits per heavy atom. The number of carbonyl (C=O) groups is 2. The first-order chi connectivity index (χ1) is 19.2. The molecular formula is C30H34ClN3O5S. The molecule has 40 heavy (non-hydrogen) atoms. The molecule has 1 fully saturated rings. The molecule has 3 amide bonds. The van der Waals surface area contributed by atoms with E-state index in [1.165, 1.54) is 30.9 Å².